The van der Waals surface area contributed by atoms with E-state index >= 15 is 0 Å². The summed E-state index contributed by atoms with van der Waals surface area (Å²) in [6.07, 6.45) is 6.90. The Morgan fingerprint density at radius 3 is 2.50 bits per heavy atom. The first kappa shape index (κ1) is 17.6. The molecule has 0 saturated heterocycles. The van der Waals surface area contributed by atoms with E-state index in [-0.39, 0.29) is 0 Å². The average Bonchev–Trinajstić information content (AvgIpc) is 2.72. The molecule has 0 bridgehead atoms. The van der Waals surface area contributed by atoms with Gasteiger partial charge in [0.15, 0.2) is 5.75 Å². The van der Waals surface area contributed by atoms with Gasteiger partial charge in [0.05, 0.1) is 5.69 Å². The minimum atomic E-state index is 0.655. The molecule has 4 aromatic heterocycles. The summed E-state index contributed by atoms with van der Waals surface area (Å²) in [5.74, 6) is 2.00. The van der Waals surface area contributed by atoms with Crippen LogP contribution in [0.5, 0.6) is 11.5 Å². The van der Waals surface area contributed by atoms with Crippen molar-refractivity contribution in [2.24, 2.45) is 0 Å². The lowest BCUT2D eigenvalue weighted by atomic mass is 10.1. The Morgan fingerprint density at radius 2 is 1.71 bits per heavy atom. The average molecular weight is 369 g/mol. The molecule has 28 heavy (non-hydrogen) atoms. The van der Waals surface area contributed by atoms with Crippen LogP contribution in [0.25, 0.3) is 11.4 Å². The summed E-state index contributed by atoms with van der Waals surface area (Å²) in [4.78, 5) is 17.5. The molecule has 4 heterocycles. The van der Waals surface area contributed by atoms with Gasteiger partial charge in [0, 0.05) is 42.2 Å². The molecule has 6 nitrogen and oxygen atoms in total. The lowest BCUT2D eigenvalue weighted by Gasteiger charge is -2.13. The van der Waals surface area contributed by atoms with Gasteiger partial charge in [-0.25, -0.2) is 9.97 Å². The van der Waals surface area contributed by atoms with Gasteiger partial charge >= 0.3 is 0 Å². The molecule has 0 aliphatic carbocycles. The van der Waals surface area contributed by atoms with Crippen molar-refractivity contribution in [1.82, 2.24) is 19.9 Å². The molecule has 0 radical (unpaired) electrons. The zero-order valence-electron chi connectivity index (χ0n) is 15.6. The maximum Gasteiger partial charge on any atom is 0.155 e. The van der Waals surface area contributed by atoms with E-state index in [9.17, 15) is 0 Å². The van der Waals surface area contributed by atoms with Crippen LogP contribution < -0.4 is 10.1 Å². The van der Waals surface area contributed by atoms with E-state index in [1.807, 2.05) is 62.4 Å². The topological polar surface area (TPSA) is 72.8 Å². The highest BCUT2D eigenvalue weighted by Gasteiger charge is 2.13. The number of hydrogen-bond donors (Lipinski definition) is 1. The largest absolute Gasteiger partial charge is 0.455 e. The molecule has 1 N–H and O–H groups in total. The predicted octanol–water partition coefficient (Wildman–Crippen LogP) is 5.09. The quantitative estimate of drug-likeness (QED) is 0.528. The Hall–Kier alpha value is -3.80. The summed E-state index contributed by atoms with van der Waals surface area (Å²) in [5, 5.41) is 3.24. The smallest absolute Gasteiger partial charge is 0.155 e. The van der Waals surface area contributed by atoms with Crippen LogP contribution in [-0.4, -0.2) is 19.9 Å². The van der Waals surface area contributed by atoms with E-state index in [0.29, 0.717) is 23.0 Å². The summed E-state index contributed by atoms with van der Waals surface area (Å²) < 4.78 is 6.18. The number of ether oxygens (including phenoxy) is 1. The van der Waals surface area contributed by atoms with E-state index in [2.05, 4.69) is 20.3 Å². The van der Waals surface area contributed by atoms with Gasteiger partial charge in [-0.1, -0.05) is 6.07 Å². The van der Waals surface area contributed by atoms with Crippen molar-refractivity contribution in [1.29, 1.82) is 0 Å². The Labute approximate surface area is 163 Å². The summed E-state index contributed by atoms with van der Waals surface area (Å²) in [5.41, 5.74) is 4.39. The third-order valence-corrected chi connectivity index (χ3v) is 4.25. The summed E-state index contributed by atoms with van der Waals surface area (Å²) >= 11 is 0. The first-order valence-corrected chi connectivity index (χ1v) is 8.89. The van der Waals surface area contributed by atoms with E-state index in [4.69, 9.17) is 9.72 Å². The molecule has 0 aliphatic rings. The van der Waals surface area contributed by atoms with Gasteiger partial charge in [-0.05, 0) is 55.8 Å². The lowest BCUT2D eigenvalue weighted by Crippen LogP contribution is -1.98. The summed E-state index contributed by atoms with van der Waals surface area (Å²) in [7, 11) is 0. The van der Waals surface area contributed by atoms with Crippen molar-refractivity contribution < 1.29 is 4.74 Å². The molecule has 6 heteroatoms. The Kier molecular flexibility index (Phi) is 4.93. The molecule has 4 rings (SSSR count). The van der Waals surface area contributed by atoms with Crippen molar-refractivity contribution in [2.75, 3.05) is 5.32 Å². The van der Waals surface area contributed by atoms with Crippen LogP contribution in [0.1, 0.15) is 11.3 Å². The summed E-state index contributed by atoms with van der Waals surface area (Å²) in [6, 6.07) is 15.1. The molecule has 0 aromatic carbocycles. The van der Waals surface area contributed by atoms with Gasteiger partial charge in [-0.3, -0.25) is 9.97 Å². The maximum atomic E-state index is 6.18. The maximum absolute atomic E-state index is 6.18. The van der Waals surface area contributed by atoms with E-state index in [0.717, 1.165) is 22.6 Å². The number of pyridine rings is 4. The van der Waals surface area contributed by atoms with Gasteiger partial charge in [0.1, 0.15) is 17.3 Å². The first-order valence-electron chi connectivity index (χ1n) is 8.89. The number of aryl methyl sites for hydroxylation is 2. The van der Waals surface area contributed by atoms with Crippen LogP contribution in [0.2, 0.25) is 0 Å². The number of hydrogen-bond acceptors (Lipinski definition) is 6. The molecule has 0 spiro atoms. The second-order valence-electron chi connectivity index (χ2n) is 6.29. The second-order valence-corrected chi connectivity index (χ2v) is 6.29. The minimum Gasteiger partial charge on any atom is -0.455 e. The molecule has 0 amide bonds. The number of nitrogens with zero attached hydrogens (tertiary/aromatic N) is 4. The second kappa shape index (κ2) is 7.84. The fraction of sp³-hybridized carbons (Fsp3) is 0.0909. The van der Waals surface area contributed by atoms with Crippen LogP contribution in [0.15, 0.2) is 73.3 Å². The Bertz CT molecular complexity index is 1080. The molecule has 0 atom stereocenters. The van der Waals surface area contributed by atoms with E-state index < -0.39 is 0 Å². The van der Waals surface area contributed by atoms with Crippen molar-refractivity contribution in [3.63, 3.8) is 0 Å². The zero-order valence-corrected chi connectivity index (χ0v) is 15.6. The van der Waals surface area contributed by atoms with Crippen LogP contribution >= 0.6 is 0 Å². The van der Waals surface area contributed by atoms with Gasteiger partial charge in [-0.2, -0.15) is 0 Å². The fourth-order valence-corrected chi connectivity index (χ4v) is 2.70. The predicted molar refractivity (Wildman–Crippen MR) is 109 cm³/mol. The third kappa shape index (κ3) is 3.96. The first-order chi connectivity index (χ1) is 13.7. The molecular formula is C22H19N5O. The van der Waals surface area contributed by atoms with Crippen LogP contribution in [0.4, 0.5) is 11.5 Å². The van der Waals surface area contributed by atoms with Crippen LogP contribution in [0, 0.1) is 13.8 Å². The molecule has 138 valence electrons. The normalized spacial score (nSPS) is 10.5. The summed E-state index contributed by atoms with van der Waals surface area (Å²) in [6.45, 7) is 4.00. The third-order valence-electron chi connectivity index (χ3n) is 4.25. The molecule has 0 fully saturated rings. The van der Waals surface area contributed by atoms with E-state index in [1.165, 1.54) is 0 Å². The number of anilines is 2. The lowest BCUT2D eigenvalue weighted by molar-refractivity contribution is 0.481. The van der Waals surface area contributed by atoms with Crippen molar-refractivity contribution in [3.05, 3.63) is 84.6 Å². The molecule has 0 saturated carbocycles. The molecule has 4 aromatic rings. The van der Waals surface area contributed by atoms with Crippen molar-refractivity contribution in [3.8, 4) is 22.9 Å². The molecular weight excluding hydrogens is 350 g/mol. The van der Waals surface area contributed by atoms with Crippen molar-refractivity contribution in [2.45, 2.75) is 13.8 Å². The minimum absolute atomic E-state index is 0.655. The number of nitrogens with one attached hydrogen (secondary N) is 1. The van der Waals surface area contributed by atoms with Gasteiger partial charge in [0.25, 0.3) is 0 Å². The van der Waals surface area contributed by atoms with Crippen molar-refractivity contribution >= 4 is 11.5 Å². The SMILES string of the molecule is Cc1cc(Oc2ccnc(Nc3ccncc3)c2)c(-c2ccccn2)nc1C. The number of aromatic nitrogens is 4. The molecule has 0 unspecified atom stereocenters. The van der Waals surface area contributed by atoms with Gasteiger partial charge < -0.3 is 10.1 Å². The highest BCUT2D eigenvalue weighted by molar-refractivity contribution is 5.64. The fourth-order valence-electron chi connectivity index (χ4n) is 2.70. The van der Waals surface area contributed by atoms with Gasteiger partial charge in [-0.15, -0.1) is 0 Å². The Morgan fingerprint density at radius 1 is 0.857 bits per heavy atom. The van der Waals surface area contributed by atoms with Crippen LogP contribution in [-0.2, 0) is 0 Å². The monoisotopic (exact) mass is 369 g/mol. The standard InChI is InChI=1S/C22H19N5O/c1-15-13-20(22(26-16(15)2)19-5-3-4-9-24-19)28-18-8-12-25-21(14-18)27-17-6-10-23-11-7-17/h3-14H,1-2H3,(H,23,25,27). The molecule has 0 aliphatic heterocycles. The van der Waals surface area contributed by atoms with Gasteiger partial charge in [0.2, 0.25) is 0 Å². The number of rotatable bonds is 5. The highest BCUT2D eigenvalue weighted by Crippen LogP contribution is 2.33. The highest BCUT2D eigenvalue weighted by atomic mass is 16.5. The Balaban J connectivity index is 1.66. The zero-order chi connectivity index (χ0) is 19.3. The van der Waals surface area contributed by atoms with E-state index in [1.54, 1.807) is 24.8 Å². The van der Waals surface area contributed by atoms with Crippen LogP contribution in [0.3, 0.4) is 0 Å².